The number of nitrogens with one attached hydrogen (secondary N) is 1. The second kappa shape index (κ2) is 4.38. The summed E-state index contributed by atoms with van der Waals surface area (Å²) in [6.07, 6.45) is 3.58. The summed E-state index contributed by atoms with van der Waals surface area (Å²) < 4.78 is 5.47. The minimum absolute atomic E-state index is 0.179. The molecule has 3 nitrogen and oxygen atoms in total. The average Bonchev–Trinajstić information content (AvgIpc) is 3.06. The fraction of sp³-hybridized carbons (Fsp3) is 0.500. The van der Waals surface area contributed by atoms with Gasteiger partial charge in [-0.3, -0.25) is 5.32 Å². The van der Waals surface area contributed by atoms with E-state index in [1.807, 2.05) is 12.1 Å². The Kier molecular flexibility index (Phi) is 2.74. The molecule has 0 spiro atoms. The standard InChI is InChI=1S/C14H16N2O/c15-8-13(16-9-10-1-2-10)11-3-4-14-12(7-11)5-6-17-14/h3-4,7,10,13,16H,1-2,5-6,9H2. The Bertz CT molecular complexity index is 460. The SMILES string of the molecule is N#CC(NCC1CC1)c1ccc2c(c1)CCO2. The number of hydrogen-bond acceptors (Lipinski definition) is 3. The fourth-order valence-corrected chi connectivity index (χ4v) is 2.23. The van der Waals surface area contributed by atoms with Crippen molar-refractivity contribution >= 4 is 0 Å². The molecule has 88 valence electrons. The fourth-order valence-electron chi connectivity index (χ4n) is 2.23. The lowest BCUT2D eigenvalue weighted by Crippen LogP contribution is -2.22. The van der Waals surface area contributed by atoms with Crippen LogP contribution in [-0.4, -0.2) is 13.2 Å². The van der Waals surface area contributed by atoms with Gasteiger partial charge in [0.1, 0.15) is 11.8 Å². The molecule has 1 aromatic carbocycles. The Hall–Kier alpha value is -1.53. The molecule has 1 heterocycles. The van der Waals surface area contributed by atoms with Crippen molar-refractivity contribution in [3.05, 3.63) is 29.3 Å². The van der Waals surface area contributed by atoms with Gasteiger partial charge in [0, 0.05) is 6.42 Å². The quantitative estimate of drug-likeness (QED) is 0.859. The summed E-state index contributed by atoms with van der Waals surface area (Å²) in [5.41, 5.74) is 2.30. The van der Waals surface area contributed by atoms with E-state index in [2.05, 4.69) is 17.5 Å². The Labute approximate surface area is 101 Å². The van der Waals surface area contributed by atoms with Gasteiger partial charge in [-0.1, -0.05) is 6.07 Å². The van der Waals surface area contributed by atoms with E-state index in [9.17, 15) is 5.26 Å². The largest absolute Gasteiger partial charge is 0.493 e. The predicted molar refractivity (Wildman–Crippen MR) is 64.7 cm³/mol. The van der Waals surface area contributed by atoms with E-state index in [0.29, 0.717) is 0 Å². The van der Waals surface area contributed by atoms with E-state index in [1.54, 1.807) is 0 Å². The van der Waals surface area contributed by atoms with E-state index in [4.69, 9.17) is 4.74 Å². The summed E-state index contributed by atoms with van der Waals surface area (Å²) in [5, 5.41) is 12.6. The van der Waals surface area contributed by atoms with Crippen LogP contribution in [0.4, 0.5) is 0 Å². The molecule has 0 radical (unpaired) electrons. The lowest BCUT2D eigenvalue weighted by Gasteiger charge is -2.12. The van der Waals surface area contributed by atoms with Gasteiger partial charge < -0.3 is 4.74 Å². The van der Waals surface area contributed by atoms with Crippen LogP contribution in [0.1, 0.15) is 30.0 Å². The zero-order valence-electron chi connectivity index (χ0n) is 9.78. The molecular weight excluding hydrogens is 212 g/mol. The van der Waals surface area contributed by atoms with Crippen LogP contribution in [0.2, 0.25) is 0 Å². The normalized spacial score (nSPS) is 19.2. The Morgan fingerprint density at radius 2 is 2.35 bits per heavy atom. The van der Waals surface area contributed by atoms with Crippen LogP contribution in [0, 0.1) is 17.2 Å². The maximum absolute atomic E-state index is 9.22. The lowest BCUT2D eigenvalue weighted by atomic mass is 10.0. The molecule has 0 aromatic heterocycles. The van der Waals surface area contributed by atoms with Gasteiger partial charge in [-0.05, 0) is 48.6 Å². The van der Waals surface area contributed by atoms with Crippen molar-refractivity contribution in [1.29, 1.82) is 5.26 Å². The molecule has 0 bridgehead atoms. The molecule has 1 atom stereocenters. The molecule has 0 amide bonds. The molecular formula is C14H16N2O. The summed E-state index contributed by atoms with van der Waals surface area (Å²) in [5.74, 6) is 1.77. The van der Waals surface area contributed by atoms with Crippen LogP contribution < -0.4 is 10.1 Å². The van der Waals surface area contributed by atoms with E-state index in [-0.39, 0.29) is 6.04 Å². The Morgan fingerprint density at radius 1 is 1.47 bits per heavy atom. The minimum atomic E-state index is -0.179. The van der Waals surface area contributed by atoms with Gasteiger partial charge in [0.2, 0.25) is 0 Å². The number of ether oxygens (including phenoxy) is 1. The smallest absolute Gasteiger partial charge is 0.122 e. The molecule has 3 heteroatoms. The van der Waals surface area contributed by atoms with E-state index < -0.39 is 0 Å². The average molecular weight is 228 g/mol. The van der Waals surface area contributed by atoms with Crippen LogP contribution in [0.15, 0.2) is 18.2 Å². The molecule has 1 aliphatic carbocycles. The molecule has 0 saturated heterocycles. The number of hydrogen-bond donors (Lipinski definition) is 1. The van der Waals surface area contributed by atoms with Crippen molar-refractivity contribution in [3.63, 3.8) is 0 Å². The molecule has 3 rings (SSSR count). The van der Waals surface area contributed by atoms with Gasteiger partial charge >= 0.3 is 0 Å². The second-order valence-corrected chi connectivity index (χ2v) is 4.88. The van der Waals surface area contributed by atoms with Crippen LogP contribution in [0.3, 0.4) is 0 Å². The van der Waals surface area contributed by atoms with Gasteiger partial charge in [-0.25, -0.2) is 0 Å². The summed E-state index contributed by atoms with van der Waals surface area (Å²) in [7, 11) is 0. The Morgan fingerprint density at radius 3 is 3.12 bits per heavy atom. The van der Waals surface area contributed by atoms with E-state index in [1.165, 1.54) is 18.4 Å². The molecule has 1 N–H and O–H groups in total. The van der Waals surface area contributed by atoms with Crippen molar-refractivity contribution in [2.24, 2.45) is 5.92 Å². The highest BCUT2D eigenvalue weighted by Crippen LogP contribution is 2.30. The third-order valence-corrected chi connectivity index (χ3v) is 3.48. The maximum atomic E-state index is 9.22. The third kappa shape index (κ3) is 2.27. The monoisotopic (exact) mass is 228 g/mol. The van der Waals surface area contributed by atoms with Crippen molar-refractivity contribution in [2.45, 2.75) is 25.3 Å². The van der Waals surface area contributed by atoms with Crippen molar-refractivity contribution in [1.82, 2.24) is 5.32 Å². The van der Waals surface area contributed by atoms with Crippen LogP contribution in [0.25, 0.3) is 0 Å². The molecule has 1 saturated carbocycles. The number of rotatable bonds is 4. The van der Waals surface area contributed by atoms with Crippen LogP contribution in [-0.2, 0) is 6.42 Å². The van der Waals surface area contributed by atoms with Gasteiger partial charge in [0.05, 0.1) is 12.7 Å². The molecule has 1 unspecified atom stereocenters. The first kappa shape index (κ1) is 10.6. The van der Waals surface area contributed by atoms with Gasteiger partial charge in [-0.15, -0.1) is 0 Å². The summed E-state index contributed by atoms with van der Waals surface area (Å²) >= 11 is 0. The number of benzene rings is 1. The lowest BCUT2D eigenvalue weighted by molar-refractivity contribution is 0.357. The zero-order valence-corrected chi connectivity index (χ0v) is 9.78. The minimum Gasteiger partial charge on any atom is -0.493 e. The third-order valence-electron chi connectivity index (χ3n) is 3.48. The van der Waals surface area contributed by atoms with Gasteiger partial charge in [0.25, 0.3) is 0 Å². The first-order chi connectivity index (χ1) is 8.36. The summed E-state index contributed by atoms with van der Waals surface area (Å²) in [6, 6.07) is 8.25. The summed E-state index contributed by atoms with van der Waals surface area (Å²) in [6.45, 7) is 1.73. The molecule has 1 fully saturated rings. The zero-order chi connectivity index (χ0) is 11.7. The van der Waals surface area contributed by atoms with E-state index in [0.717, 1.165) is 36.8 Å². The highest BCUT2D eigenvalue weighted by molar-refractivity contribution is 5.41. The predicted octanol–water partition coefficient (Wildman–Crippen LogP) is 2.19. The molecule has 2 aliphatic rings. The van der Waals surface area contributed by atoms with Gasteiger partial charge in [-0.2, -0.15) is 5.26 Å². The molecule has 1 aliphatic heterocycles. The topological polar surface area (TPSA) is 45.0 Å². The van der Waals surface area contributed by atoms with Crippen molar-refractivity contribution < 1.29 is 4.74 Å². The van der Waals surface area contributed by atoms with Crippen LogP contribution in [0.5, 0.6) is 5.75 Å². The maximum Gasteiger partial charge on any atom is 0.122 e. The number of nitriles is 1. The summed E-state index contributed by atoms with van der Waals surface area (Å²) in [4.78, 5) is 0. The highest BCUT2D eigenvalue weighted by atomic mass is 16.5. The van der Waals surface area contributed by atoms with Gasteiger partial charge in [0.15, 0.2) is 0 Å². The molecule has 17 heavy (non-hydrogen) atoms. The molecule has 1 aromatic rings. The number of fused-ring (bicyclic) bond motifs is 1. The van der Waals surface area contributed by atoms with Crippen LogP contribution >= 0.6 is 0 Å². The first-order valence-corrected chi connectivity index (χ1v) is 6.25. The highest BCUT2D eigenvalue weighted by Gasteiger charge is 2.23. The second-order valence-electron chi connectivity index (χ2n) is 4.88. The van der Waals surface area contributed by atoms with E-state index >= 15 is 0 Å². The first-order valence-electron chi connectivity index (χ1n) is 6.25. The van der Waals surface area contributed by atoms with Crippen molar-refractivity contribution in [3.8, 4) is 11.8 Å². The number of nitrogens with zero attached hydrogens (tertiary/aromatic N) is 1. The van der Waals surface area contributed by atoms with Crippen molar-refractivity contribution in [2.75, 3.05) is 13.2 Å². The Balaban J connectivity index is 1.74.